The van der Waals surface area contributed by atoms with Gasteiger partial charge >= 0.3 is 0 Å². The first-order valence-corrected chi connectivity index (χ1v) is 11.0. The average molecular weight is 448 g/mol. The van der Waals surface area contributed by atoms with E-state index >= 15 is 0 Å². The Kier molecular flexibility index (Phi) is 5.70. The minimum absolute atomic E-state index is 0.0265. The fourth-order valence-corrected chi connectivity index (χ4v) is 4.52. The Bertz CT molecular complexity index is 1530. The molecule has 0 saturated carbocycles. The zero-order valence-corrected chi connectivity index (χ0v) is 18.7. The highest BCUT2D eigenvalue weighted by molar-refractivity contribution is 6.18. The summed E-state index contributed by atoms with van der Waals surface area (Å²) < 4.78 is 7.44. The summed E-state index contributed by atoms with van der Waals surface area (Å²) in [6, 6.07) is 29.7. The Morgan fingerprint density at radius 2 is 1.65 bits per heavy atom. The topological polar surface area (TPSA) is 74.3 Å². The third kappa shape index (κ3) is 3.76. The normalized spacial score (nSPS) is 11.2. The largest absolute Gasteiger partial charge is 0.380 e. The lowest BCUT2D eigenvalue weighted by molar-refractivity contribution is 0.1000. The van der Waals surface area contributed by atoms with Crippen molar-refractivity contribution in [1.82, 2.24) is 4.57 Å². The van der Waals surface area contributed by atoms with Crippen LogP contribution in [0.15, 0.2) is 84.9 Å². The molecule has 167 valence electrons. The maximum Gasteiger partial charge on any atom is 0.249 e. The molecule has 0 spiro atoms. The number of rotatable bonds is 7. The number of nitrogens with two attached hydrogens (primary N) is 1. The number of ketones is 1. The number of amides is 1. The molecule has 0 aliphatic carbocycles. The molecular formula is C29H23N2O3. The number of nitrogens with zero attached hydrogens (tertiary/aromatic N) is 1. The molecule has 5 nitrogen and oxygen atoms in total. The number of carbonyl (C=O) groups is 2. The van der Waals surface area contributed by atoms with E-state index in [0.717, 1.165) is 32.9 Å². The summed E-state index contributed by atoms with van der Waals surface area (Å²) in [5.41, 5.74) is 11.1. The lowest BCUT2D eigenvalue weighted by atomic mass is 9.98. The SMILES string of the molecule is COCc1c[c]c2c3c(C(N)=O)cccc3n(Cc3ccccc3C(=O)c3ccccc3)c2c1. The summed E-state index contributed by atoms with van der Waals surface area (Å²) >= 11 is 0. The Morgan fingerprint density at radius 1 is 0.912 bits per heavy atom. The lowest BCUT2D eigenvalue weighted by Crippen LogP contribution is -2.11. The number of methoxy groups -OCH3 is 1. The van der Waals surface area contributed by atoms with Crippen LogP contribution in [-0.2, 0) is 17.9 Å². The van der Waals surface area contributed by atoms with Gasteiger partial charge in [0.25, 0.3) is 0 Å². The Labute approximate surface area is 197 Å². The van der Waals surface area contributed by atoms with Crippen LogP contribution in [0.25, 0.3) is 21.8 Å². The molecule has 0 fully saturated rings. The monoisotopic (exact) mass is 447 g/mol. The third-order valence-corrected chi connectivity index (χ3v) is 6.06. The van der Waals surface area contributed by atoms with E-state index < -0.39 is 5.91 Å². The first kappa shape index (κ1) is 21.6. The Morgan fingerprint density at radius 3 is 2.41 bits per heavy atom. The fourth-order valence-electron chi connectivity index (χ4n) is 4.52. The van der Waals surface area contributed by atoms with Crippen LogP contribution in [0.4, 0.5) is 0 Å². The summed E-state index contributed by atoms with van der Waals surface area (Å²) in [7, 11) is 1.65. The summed E-state index contributed by atoms with van der Waals surface area (Å²) in [6.45, 7) is 0.890. The van der Waals surface area contributed by atoms with Gasteiger partial charge < -0.3 is 15.0 Å². The number of fused-ring (bicyclic) bond motifs is 3. The van der Waals surface area contributed by atoms with E-state index in [1.54, 1.807) is 13.2 Å². The number of hydrogen-bond donors (Lipinski definition) is 1. The molecule has 0 aliphatic heterocycles. The standard InChI is InChI=1S/C29H23N2O3/c1-34-18-19-14-15-23-26(16-19)31(25-13-7-12-24(27(23)25)29(30)33)17-21-10-5-6-11-22(21)28(32)20-8-3-2-4-9-20/h2-14,16H,17-18H2,1H3,(H2,30,33). The number of benzene rings is 4. The zero-order valence-electron chi connectivity index (χ0n) is 18.7. The molecule has 1 heterocycles. The average Bonchev–Trinajstić information content (AvgIpc) is 3.17. The molecule has 1 aromatic heterocycles. The first-order valence-electron chi connectivity index (χ1n) is 11.0. The van der Waals surface area contributed by atoms with Crippen molar-refractivity contribution in [2.75, 3.05) is 7.11 Å². The van der Waals surface area contributed by atoms with E-state index in [-0.39, 0.29) is 5.78 Å². The van der Waals surface area contributed by atoms with Gasteiger partial charge in [-0.15, -0.1) is 0 Å². The van der Waals surface area contributed by atoms with Gasteiger partial charge in [-0.25, -0.2) is 0 Å². The molecule has 34 heavy (non-hydrogen) atoms. The van der Waals surface area contributed by atoms with Crippen LogP contribution in [0.1, 0.15) is 37.4 Å². The number of ether oxygens (including phenoxy) is 1. The zero-order chi connectivity index (χ0) is 23.7. The second kappa shape index (κ2) is 8.96. The van der Waals surface area contributed by atoms with E-state index in [4.69, 9.17) is 10.5 Å². The molecule has 1 radical (unpaired) electrons. The minimum atomic E-state index is -0.487. The summed E-state index contributed by atoms with van der Waals surface area (Å²) in [5, 5.41) is 1.58. The van der Waals surface area contributed by atoms with Gasteiger partial charge in [-0.05, 0) is 41.5 Å². The highest BCUT2D eigenvalue weighted by Crippen LogP contribution is 2.33. The van der Waals surface area contributed by atoms with Crippen molar-refractivity contribution in [1.29, 1.82) is 0 Å². The number of aromatic nitrogens is 1. The van der Waals surface area contributed by atoms with Gasteiger partial charge in [0.15, 0.2) is 5.78 Å². The van der Waals surface area contributed by atoms with Gasteiger partial charge in [0.1, 0.15) is 0 Å². The molecule has 0 unspecified atom stereocenters. The van der Waals surface area contributed by atoms with Crippen LogP contribution in [0.2, 0.25) is 0 Å². The van der Waals surface area contributed by atoms with E-state index in [0.29, 0.717) is 29.8 Å². The van der Waals surface area contributed by atoms with E-state index in [1.807, 2.05) is 78.9 Å². The van der Waals surface area contributed by atoms with Crippen LogP contribution in [0.3, 0.4) is 0 Å². The second-order valence-electron chi connectivity index (χ2n) is 8.20. The van der Waals surface area contributed by atoms with Gasteiger partial charge in [0, 0.05) is 41.1 Å². The van der Waals surface area contributed by atoms with E-state index in [9.17, 15) is 9.59 Å². The van der Waals surface area contributed by atoms with Crippen LogP contribution >= 0.6 is 0 Å². The lowest BCUT2D eigenvalue weighted by Gasteiger charge is -2.13. The van der Waals surface area contributed by atoms with Gasteiger partial charge in [0.05, 0.1) is 17.6 Å². The highest BCUT2D eigenvalue weighted by Gasteiger charge is 2.19. The van der Waals surface area contributed by atoms with Crippen molar-refractivity contribution in [3.8, 4) is 0 Å². The van der Waals surface area contributed by atoms with Crippen molar-refractivity contribution < 1.29 is 14.3 Å². The smallest absolute Gasteiger partial charge is 0.249 e. The molecule has 4 aromatic carbocycles. The van der Waals surface area contributed by atoms with E-state index in [1.165, 1.54) is 0 Å². The van der Waals surface area contributed by atoms with Crippen LogP contribution in [-0.4, -0.2) is 23.4 Å². The first-order chi connectivity index (χ1) is 16.6. The van der Waals surface area contributed by atoms with Gasteiger partial charge in [0.2, 0.25) is 5.91 Å². The molecule has 2 N–H and O–H groups in total. The van der Waals surface area contributed by atoms with Crippen LogP contribution in [0.5, 0.6) is 0 Å². The minimum Gasteiger partial charge on any atom is -0.380 e. The maximum atomic E-state index is 13.3. The van der Waals surface area contributed by atoms with Gasteiger partial charge in [-0.1, -0.05) is 60.7 Å². The molecular weight excluding hydrogens is 424 g/mol. The van der Waals surface area contributed by atoms with Crippen molar-refractivity contribution >= 4 is 33.5 Å². The van der Waals surface area contributed by atoms with Gasteiger partial charge in [-0.2, -0.15) is 0 Å². The van der Waals surface area contributed by atoms with Crippen molar-refractivity contribution in [2.24, 2.45) is 5.73 Å². The molecule has 0 aliphatic rings. The summed E-state index contributed by atoms with van der Waals surface area (Å²) in [6.07, 6.45) is 0. The van der Waals surface area contributed by atoms with E-state index in [2.05, 4.69) is 10.6 Å². The molecule has 0 saturated heterocycles. The van der Waals surface area contributed by atoms with Crippen molar-refractivity contribution in [3.63, 3.8) is 0 Å². The highest BCUT2D eigenvalue weighted by atomic mass is 16.5. The molecule has 1 amide bonds. The predicted molar refractivity (Wildman–Crippen MR) is 133 cm³/mol. The van der Waals surface area contributed by atoms with Crippen molar-refractivity contribution in [2.45, 2.75) is 13.2 Å². The Balaban J connectivity index is 1.72. The molecule has 5 rings (SSSR count). The Hall–Kier alpha value is -4.22. The predicted octanol–water partition coefficient (Wildman–Crippen LogP) is 5.12. The number of carbonyl (C=O) groups excluding carboxylic acids is 2. The maximum absolute atomic E-state index is 13.3. The van der Waals surface area contributed by atoms with Crippen LogP contribution in [0, 0.1) is 6.07 Å². The number of primary amides is 1. The summed E-state index contributed by atoms with van der Waals surface area (Å²) in [4.78, 5) is 25.5. The van der Waals surface area contributed by atoms with Gasteiger partial charge in [-0.3, -0.25) is 9.59 Å². The third-order valence-electron chi connectivity index (χ3n) is 6.06. The molecule has 5 aromatic rings. The van der Waals surface area contributed by atoms with Crippen LogP contribution < -0.4 is 5.73 Å². The second-order valence-corrected chi connectivity index (χ2v) is 8.20. The molecule has 0 bridgehead atoms. The van der Waals surface area contributed by atoms with Crippen molar-refractivity contribution in [3.05, 3.63) is 119 Å². The quantitative estimate of drug-likeness (QED) is 0.352. The summed E-state index contributed by atoms with van der Waals surface area (Å²) in [5.74, 6) is -0.514. The molecule has 5 heteroatoms. The fraction of sp³-hybridized carbons (Fsp3) is 0.103. The number of hydrogen-bond acceptors (Lipinski definition) is 3. The molecule has 0 atom stereocenters.